The Morgan fingerprint density at radius 2 is 1.46 bits per heavy atom. The minimum atomic E-state index is -1.61. The Hall–Kier alpha value is -2.20. The Balaban J connectivity index is 3.03. The maximum atomic E-state index is 11.3. The molecule has 0 aromatic heterocycles. The molecule has 10 heteroatoms. The minimum Gasteiger partial charge on any atom is -0.462 e. The van der Waals surface area contributed by atoms with Crippen molar-refractivity contribution < 1.29 is 48.0 Å². The third-order valence-corrected chi connectivity index (χ3v) is 2.96. The van der Waals surface area contributed by atoms with E-state index in [9.17, 15) is 24.3 Å². The number of aliphatic hydroxyl groups excluding tert-OH is 1. The summed E-state index contributed by atoms with van der Waals surface area (Å²) in [6.45, 7) is 4.10. The topological polar surface area (TPSA) is 135 Å². The molecule has 1 saturated heterocycles. The fourth-order valence-electron chi connectivity index (χ4n) is 2.22. The average Bonchev–Trinajstić information content (AvgIpc) is 2.70. The molecule has 5 atom stereocenters. The summed E-state index contributed by atoms with van der Waals surface area (Å²) in [6, 6.07) is 0. The van der Waals surface area contributed by atoms with Crippen LogP contribution in [0.1, 0.15) is 27.7 Å². The number of hydrogen-bond acceptors (Lipinski definition) is 10. The summed E-state index contributed by atoms with van der Waals surface area (Å²) >= 11 is 0. The van der Waals surface area contributed by atoms with Gasteiger partial charge in [0.1, 0.15) is 12.7 Å². The number of hydrogen-bond donors (Lipinski definition) is 1. The molecule has 10 nitrogen and oxygen atoms in total. The van der Waals surface area contributed by atoms with Crippen molar-refractivity contribution in [3.63, 3.8) is 0 Å². The van der Waals surface area contributed by atoms with Crippen LogP contribution in [0.3, 0.4) is 0 Å². The second-order valence-electron chi connectivity index (χ2n) is 5.09. The lowest BCUT2D eigenvalue weighted by atomic mass is 10.1. The third kappa shape index (κ3) is 5.78. The monoisotopic (exact) mass is 348 g/mol. The first kappa shape index (κ1) is 19.8. The highest BCUT2D eigenvalue weighted by molar-refractivity contribution is 5.68. The summed E-state index contributed by atoms with van der Waals surface area (Å²) in [5, 5.41) is 9.91. The summed E-state index contributed by atoms with van der Waals surface area (Å²) in [5.41, 5.74) is 0. The summed E-state index contributed by atoms with van der Waals surface area (Å²) in [7, 11) is 0. The molecule has 1 N–H and O–H groups in total. The molecule has 1 aliphatic heterocycles. The molecule has 0 spiro atoms. The van der Waals surface area contributed by atoms with Crippen molar-refractivity contribution >= 4 is 23.9 Å². The number of ether oxygens (including phenoxy) is 5. The van der Waals surface area contributed by atoms with E-state index in [0.717, 1.165) is 27.7 Å². The second kappa shape index (κ2) is 8.60. The summed E-state index contributed by atoms with van der Waals surface area (Å²) in [6.07, 6.45) is -6.55. The predicted molar refractivity (Wildman–Crippen MR) is 74.2 cm³/mol. The van der Waals surface area contributed by atoms with Crippen LogP contribution in [-0.2, 0) is 42.9 Å². The highest BCUT2D eigenvalue weighted by atomic mass is 16.7. The van der Waals surface area contributed by atoms with Crippen molar-refractivity contribution in [1.82, 2.24) is 0 Å². The lowest BCUT2D eigenvalue weighted by molar-refractivity contribution is -0.184. The molecular weight excluding hydrogens is 328 g/mol. The quantitative estimate of drug-likeness (QED) is 0.473. The molecule has 1 heterocycles. The van der Waals surface area contributed by atoms with E-state index in [1.165, 1.54) is 0 Å². The largest absolute Gasteiger partial charge is 0.462 e. The molecule has 136 valence electrons. The molecule has 0 bridgehead atoms. The van der Waals surface area contributed by atoms with Gasteiger partial charge in [0.2, 0.25) is 0 Å². The molecule has 0 unspecified atom stereocenters. The van der Waals surface area contributed by atoms with E-state index in [2.05, 4.69) is 0 Å². The Morgan fingerprint density at radius 3 is 1.92 bits per heavy atom. The fourth-order valence-corrected chi connectivity index (χ4v) is 2.22. The van der Waals surface area contributed by atoms with Gasteiger partial charge in [0.25, 0.3) is 0 Å². The maximum absolute atomic E-state index is 11.3. The van der Waals surface area contributed by atoms with Crippen LogP contribution in [0.15, 0.2) is 0 Å². The first-order valence-electron chi connectivity index (χ1n) is 7.10. The summed E-state index contributed by atoms with van der Waals surface area (Å²) in [4.78, 5) is 44.7. The first-order valence-corrected chi connectivity index (χ1v) is 7.10. The van der Waals surface area contributed by atoms with Crippen molar-refractivity contribution in [2.45, 2.75) is 58.4 Å². The lowest BCUT2D eigenvalue weighted by Gasteiger charge is -2.27. The van der Waals surface area contributed by atoms with Crippen LogP contribution in [0.5, 0.6) is 0 Å². The molecule has 0 aliphatic carbocycles. The van der Waals surface area contributed by atoms with Crippen molar-refractivity contribution in [3.05, 3.63) is 0 Å². The number of esters is 4. The molecule has 0 aromatic rings. The maximum Gasteiger partial charge on any atom is 0.303 e. The molecule has 24 heavy (non-hydrogen) atoms. The van der Waals surface area contributed by atoms with Crippen molar-refractivity contribution in [1.29, 1.82) is 0 Å². The van der Waals surface area contributed by atoms with Crippen LogP contribution in [0.2, 0.25) is 0 Å². The van der Waals surface area contributed by atoms with Crippen LogP contribution in [0.25, 0.3) is 0 Å². The zero-order valence-corrected chi connectivity index (χ0v) is 13.7. The smallest absolute Gasteiger partial charge is 0.303 e. The van der Waals surface area contributed by atoms with Crippen molar-refractivity contribution in [3.8, 4) is 0 Å². The molecule has 0 radical (unpaired) electrons. The van der Waals surface area contributed by atoms with Crippen LogP contribution < -0.4 is 0 Å². The zero-order valence-electron chi connectivity index (χ0n) is 13.7. The zero-order chi connectivity index (χ0) is 18.4. The molecular formula is C14H20O10. The predicted octanol–water partition coefficient (Wildman–Crippen LogP) is -0.938. The third-order valence-electron chi connectivity index (χ3n) is 2.96. The van der Waals surface area contributed by atoms with Gasteiger partial charge in [-0.3, -0.25) is 19.2 Å². The Bertz CT molecular complexity index is 502. The number of aliphatic hydroxyl groups is 1. The Kier molecular flexibility index (Phi) is 7.11. The van der Waals surface area contributed by atoms with E-state index >= 15 is 0 Å². The lowest BCUT2D eigenvalue weighted by Crippen LogP contribution is -2.46. The highest BCUT2D eigenvalue weighted by Gasteiger charge is 2.52. The molecule has 0 amide bonds. The highest BCUT2D eigenvalue weighted by Crippen LogP contribution is 2.29. The van der Waals surface area contributed by atoms with Gasteiger partial charge in [0.15, 0.2) is 24.6 Å². The molecule has 0 aromatic carbocycles. The molecule has 1 aliphatic rings. The molecule has 1 rings (SSSR count). The van der Waals surface area contributed by atoms with E-state index < -0.39 is 61.2 Å². The number of rotatable bonds is 6. The van der Waals surface area contributed by atoms with Gasteiger partial charge >= 0.3 is 23.9 Å². The van der Waals surface area contributed by atoms with Crippen molar-refractivity contribution in [2.24, 2.45) is 0 Å². The van der Waals surface area contributed by atoms with Gasteiger partial charge in [-0.25, -0.2) is 0 Å². The SMILES string of the molecule is CC(=O)OC[C@@H](OC(C)=O)[C@@H]1O[C@H](O)[C@@H](OC(C)=O)[C@H]1OC(C)=O. The normalized spacial score (nSPS) is 27.0. The number of carbonyl (C=O) groups excluding carboxylic acids is 4. The van der Waals surface area contributed by atoms with Crippen LogP contribution >= 0.6 is 0 Å². The van der Waals surface area contributed by atoms with E-state index in [4.69, 9.17) is 23.7 Å². The van der Waals surface area contributed by atoms with Gasteiger partial charge in [-0.1, -0.05) is 0 Å². The summed E-state index contributed by atoms with van der Waals surface area (Å²) < 4.78 is 25.0. The van der Waals surface area contributed by atoms with Gasteiger partial charge in [-0.15, -0.1) is 0 Å². The Morgan fingerprint density at radius 1 is 0.917 bits per heavy atom. The van der Waals surface area contributed by atoms with Crippen LogP contribution in [0, 0.1) is 0 Å². The first-order chi connectivity index (χ1) is 11.1. The van der Waals surface area contributed by atoms with E-state index in [1.54, 1.807) is 0 Å². The standard InChI is InChI=1S/C14H20O10/c1-6(15)20-5-10(21-7(2)16)11-12(22-8(3)17)13(14(19)24-11)23-9(4)18/h10-14,19H,5H2,1-4H3/t10-,11+,12+,13+,14+/m1/s1. The van der Waals surface area contributed by atoms with Gasteiger partial charge in [-0.2, -0.15) is 0 Å². The molecule has 1 fully saturated rings. The van der Waals surface area contributed by atoms with Crippen LogP contribution in [0.4, 0.5) is 0 Å². The van der Waals surface area contributed by atoms with Crippen molar-refractivity contribution in [2.75, 3.05) is 6.61 Å². The number of carbonyl (C=O) groups is 4. The van der Waals surface area contributed by atoms with E-state index in [1.807, 2.05) is 0 Å². The Labute approximate surface area is 137 Å². The van der Waals surface area contributed by atoms with Gasteiger partial charge in [0, 0.05) is 27.7 Å². The second-order valence-corrected chi connectivity index (χ2v) is 5.09. The minimum absolute atomic E-state index is 0.392. The fraction of sp³-hybridized carbons (Fsp3) is 0.714. The van der Waals surface area contributed by atoms with E-state index in [-0.39, 0.29) is 0 Å². The van der Waals surface area contributed by atoms with Gasteiger partial charge in [-0.05, 0) is 0 Å². The van der Waals surface area contributed by atoms with Gasteiger partial charge in [0.05, 0.1) is 0 Å². The summed E-state index contributed by atoms with van der Waals surface area (Å²) in [5.74, 6) is -2.80. The van der Waals surface area contributed by atoms with Gasteiger partial charge < -0.3 is 28.8 Å². The average molecular weight is 348 g/mol. The van der Waals surface area contributed by atoms with E-state index in [0.29, 0.717) is 0 Å². The molecule has 0 saturated carbocycles. The van der Waals surface area contributed by atoms with Crippen LogP contribution in [-0.4, -0.2) is 66.3 Å².